The zero-order valence-electron chi connectivity index (χ0n) is 17.0. The van der Waals surface area contributed by atoms with Crippen LogP contribution in [0.4, 0.5) is 0 Å². The average molecular weight is 411 g/mol. The summed E-state index contributed by atoms with van der Waals surface area (Å²) < 4.78 is 7.24. The van der Waals surface area contributed by atoms with Crippen LogP contribution in [0.3, 0.4) is 0 Å². The van der Waals surface area contributed by atoms with Gasteiger partial charge in [0.2, 0.25) is 0 Å². The second-order valence-electron chi connectivity index (χ2n) is 7.56. The summed E-state index contributed by atoms with van der Waals surface area (Å²) in [5.41, 5.74) is 2.75. The fraction of sp³-hybridized carbons (Fsp3) is 0.160. The molecular weight excluding hydrogens is 390 g/mol. The predicted molar refractivity (Wildman–Crippen MR) is 119 cm³/mol. The molecule has 0 radical (unpaired) electrons. The summed E-state index contributed by atoms with van der Waals surface area (Å²) in [7, 11) is 0. The fourth-order valence-electron chi connectivity index (χ4n) is 4.04. The number of hydrogen-bond donors (Lipinski definition) is 1. The summed E-state index contributed by atoms with van der Waals surface area (Å²) in [6.07, 6.45) is 0.720. The summed E-state index contributed by atoms with van der Waals surface area (Å²) in [5, 5.41) is 3.66. The lowest BCUT2D eigenvalue weighted by Gasteiger charge is -2.26. The van der Waals surface area contributed by atoms with Crippen LogP contribution in [0, 0.1) is 6.92 Å². The highest BCUT2D eigenvalue weighted by Gasteiger charge is 2.23. The van der Waals surface area contributed by atoms with Crippen LogP contribution in [0.2, 0.25) is 0 Å². The number of carbonyl (C=O) groups is 1. The van der Waals surface area contributed by atoms with Gasteiger partial charge >= 0.3 is 0 Å². The van der Waals surface area contributed by atoms with E-state index < -0.39 is 0 Å². The monoisotopic (exact) mass is 411 g/mol. The molecule has 6 nitrogen and oxygen atoms in total. The number of fused-ring (bicyclic) bond motifs is 2. The Balaban J connectivity index is 1.42. The van der Waals surface area contributed by atoms with Gasteiger partial charge < -0.3 is 10.1 Å². The molecule has 1 aliphatic heterocycles. The van der Waals surface area contributed by atoms with E-state index in [1.807, 2.05) is 42.5 Å². The molecule has 31 heavy (non-hydrogen) atoms. The lowest BCUT2D eigenvalue weighted by Crippen LogP contribution is -2.32. The Bertz CT molecular complexity index is 1340. The van der Waals surface area contributed by atoms with Crippen molar-refractivity contribution in [1.82, 2.24) is 14.9 Å². The third-order valence-electron chi connectivity index (χ3n) is 5.59. The van der Waals surface area contributed by atoms with E-state index in [2.05, 4.69) is 10.3 Å². The first kappa shape index (κ1) is 19.1. The van der Waals surface area contributed by atoms with Crippen molar-refractivity contribution in [3.8, 4) is 11.4 Å². The molecule has 1 aliphatic rings. The van der Waals surface area contributed by atoms with Gasteiger partial charge in [-0.1, -0.05) is 30.3 Å². The number of ether oxygens (including phenoxy) is 1. The van der Waals surface area contributed by atoms with E-state index in [4.69, 9.17) is 4.74 Å². The number of hydrogen-bond acceptors (Lipinski definition) is 4. The number of aromatic nitrogens is 2. The maximum Gasteiger partial charge on any atom is 0.265 e. The van der Waals surface area contributed by atoms with Crippen LogP contribution < -0.4 is 15.6 Å². The summed E-state index contributed by atoms with van der Waals surface area (Å²) in [6, 6.07) is 22.0. The van der Waals surface area contributed by atoms with Crippen molar-refractivity contribution in [2.45, 2.75) is 19.4 Å². The normalized spacial score (nSPS) is 15.2. The molecule has 5 rings (SSSR count). The van der Waals surface area contributed by atoms with Gasteiger partial charge in [-0.25, -0.2) is 4.98 Å². The van der Waals surface area contributed by atoms with Gasteiger partial charge in [0.05, 0.1) is 29.2 Å². The minimum absolute atomic E-state index is 0.0910. The largest absolute Gasteiger partial charge is 0.493 e. The molecule has 0 fully saturated rings. The number of benzene rings is 3. The van der Waals surface area contributed by atoms with Gasteiger partial charge in [-0.3, -0.25) is 14.2 Å². The number of aryl methyl sites for hydroxylation is 1. The van der Waals surface area contributed by atoms with Crippen LogP contribution in [0.5, 0.6) is 5.75 Å². The number of carbonyl (C=O) groups excluding carboxylic acids is 1. The molecule has 0 bridgehead atoms. The molecule has 1 aromatic heterocycles. The first-order valence-electron chi connectivity index (χ1n) is 10.2. The molecule has 1 N–H and O–H groups in total. The zero-order chi connectivity index (χ0) is 21.4. The topological polar surface area (TPSA) is 73.2 Å². The smallest absolute Gasteiger partial charge is 0.265 e. The van der Waals surface area contributed by atoms with E-state index in [1.165, 1.54) is 0 Å². The van der Waals surface area contributed by atoms with Crippen LogP contribution in [0.25, 0.3) is 16.6 Å². The highest BCUT2D eigenvalue weighted by Crippen LogP contribution is 2.31. The quantitative estimate of drug-likeness (QED) is 0.554. The number of para-hydroxylation sites is 2. The zero-order valence-corrected chi connectivity index (χ0v) is 17.0. The molecular formula is C25H21N3O3. The van der Waals surface area contributed by atoms with Gasteiger partial charge in [-0.2, -0.15) is 0 Å². The number of rotatable bonds is 3. The molecule has 3 aromatic carbocycles. The van der Waals surface area contributed by atoms with Gasteiger partial charge in [0.1, 0.15) is 11.6 Å². The Kier molecular flexibility index (Phi) is 4.75. The van der Waals surface area contributed by atoms with E-state index in [9.17, 15) is 9.59 Å². The van der Waals surface area contributed by atoms with Gasteiger partial charge in [-0.05, 0) is 49.4 Å². The Morgan fingerprint density at radius 3 is 2.61 bits per heavy atom. The second-order valence-corrected chi connectivity index (χ2v) is 7.56. The standard InChI is InChI=1S/C25H21N3O3/c1-16-26-21-8-4-2-7-20(21)25(30)28(16)18-12-10-17(11-13-18)24(29)27-22-14-15-31-23-9-5-3-6-19(22)23/h2-13,22H,14-15H2,1H3,(H,27,29)/t22-/m1/s1. The number of amides is 1. The molecule has 1 atom stereocenters. The van der Waals surface area contributed by atoms with Crippen molar-refractivity contribution in [3.63, 3.8) is 0 Å². The maximum absolute atomic E-state index is 13.0. The lowest BCUT2D eigenvalue weighted by molar-refractivity contribution is 0.0925. The van der Waals surface area contributed by atoms with E-state index in [-0.39, 0.29) is 17.5 Å². The van der Waals surface area contributed by atoms with E-state index in [0.29, 0.717) is 34.6 Å². The summed E-state index contributed by atoms with van der Waals surface area (Å²) >= 11 is 0. The molecule has 2 heterocycles. The van der Waals surface area contributed by atoms with Crippen LogP contribution in [-0.2, 0) is 0 Å². The molecule has 1 amide bonds. The van der Waals surface area contributed by atoms with Crippen molar-refractivity contribution in [2.24, 2.45) is 0 Å². The summed E-state index contributed by atoms with van der Waals surface area (Å²) in [5.74, 6) is 1.25. The Morgan fingerprint density at radius 2 is 1.77 bits per heavy atom. The average Bonchev–Trinajstić information content (AvgIpc) is 2.80. The third-order valence-corrected chi connectivity index (χ3v) is 5.59. The highest BCUT2D eigenvalue weighted by atomic mass is 16.5. The van der Waals surface area contributed by atoms with Crippen LogP contribution in [-0.4, -0.2) is 22.1 Å². The molecule has 154 valence electrons. The molecule has 6 heteroatoms. The first-order chi connectivity index (χ1) is 15.1. The maximum atomic E-state index is 13.0. The minimum Gasteiger partial charge on any atom is -0.493 e. The number of nitrogens with zero attached hydrogens (tertiary/aromatic N) is 2. The molecule has 4 aromatic rings. The van der Waals surface area contributed by atoms with Gasteiger partial charge in [0.15, 0.2) is 0 Å². The fourth-order valence-corrected chi connectivity index (χ4v) is 4.04. The Hall–Kier alpha value is -3.93. The third kappa shape index (κ3) is 3.46. The van der Waals surface area contributed by atoms with Crippen LogP contribution >= 0.6 is 0 Å². The van der Waals surface area contributed by atoms with E-state index in [1.54, 1.807) is 41.8 Å². The Morgan fingerprint density at radius 1 is 1.03 bits per heavy atom. The molecule has 0 aliphatic carbocycles. The van der Waals surface area contributed by atoms with Gasteiger partial charge in [0.25, 0.3) is 11.5 Å². The molecule has 0 unspecified atom stereocenters. The van der Waals surface area contributed by atoms with Crippen molar-refractivity contribution in [1.29, 1.82) is 0 Å². The minimum atomic E-state index is -0.158. The predicted octanol–water partition coefficient (Wildman–Crippen LogP) is 3.95. The van der Waals surface area contributed by atoms with Gasteiger partial charge in [-0.15, -0.1) is 0 Å². The van der Waals surface area contributed by atoms with Crippen LogP contribution in [0.15, 0.2) is 77.6 Å². The molecule has 0 saturated carbocycles. The Labute approximate surface area is 179 Å². The van der Waals surface area contributed by atoms with Crippen molar-refractivity contribution in [2.75, 3.05) is 6.61 Å². The van der Waals surface area contributed by atoms with Crippen molar-refractivity contribution < 1.29 is 9.53 Å². The SMILES string of the molecule is Cc1nc2ccccc2c(=O)n1-c1ccc(C(=O)N[C@@H]2CCOc3ccccc32)cc1. The molecule has 0 saturated heterocycles. The van der Waals surface area contributed by atoms with Crippen LogP contribution in [0.1, 0.15) is 34.2 Å². The second kappa shape index (κ2) is 7.72. The molecule has 0 spiro atoms. The highest BCUT2D eigenvalue weighted by molar-refractivity contribution is 5.94. The van der Waals surface area contributed by atoms with Crippen molar-refractivity contribution in [3.05, 3.63) is 100 Å². The summed E-state index contributed by atoms with van der Waals surface area (Å²) in [4.78, 5) is 30.4. The van der Waals surface area contributed by atoms with Gasteiger partial charge in [0, 0.05) is 17.5 Å². The lowest BCUT2D eigenvalue weighted by atomic mass is 10.00. The summed E-state index contributed by atoms with van der Waals surface area (Å²) in [6.45, 7) is 2.37. The van der Waals surface area contributed by atoms with Crippen molar-refractivity contribution >= 4 is 16.8 Å². The van der Waals surface area contributed by atoms with E-state index >= 15 is 0 Å². The van der Waals surface area contributed by atoms with E-state index in [0.717, 1.165) is 17.7 Å². The first-order valence-corrected chi connectivity index (χ1v) is 10.2. The number of nitrogens with one attached hydrogen (secondary N) is 1.